The van der Waals surface area contributed by atoms with Crippen molar-refractivity contribution in [1.82, 2.24) is 0 Å². The fourth-order valence-corrected chi connectivity index (χ4v) is 2.40. The molecule has 0 saturated carbocycles. The second kappa shape index (κ2) is 11.8. The molecular formula is C19H30O6. The number of methoxy groups -OCH3 is 1. The van der Waals surface area contributed by atoms with E-state index in [0.29, 0.717) is 19.6 Å². The van der Waals surface area contributed by atoms with Gasteiger partial charge in [0.1, 0.15) is 5.75 Å². The Labute approximate surface area is 149 Å². The summed E-state index contributed by atoms with van der Waals surface area (Å²) in [6, 6.07) is 7.77. The van der Waals surface area contributed by atoms with Crippen LogP contribution in [0.3, 0.4) is 0 Å². The standard InChI is InChI=1S/C19H30O6/c1-3-25-18(21)19(22,15-20)12-6-4-5-7-13-24-14-16-8-10-17(23-2)11-9-16/h8-11,20,22H,3-7,12-15H2,1-2H3. The number of aliphatic hydroxyl groups is 2. The van der Waals surface area contributed by atoms with Crippen molar-refractivity contribution in [2.24, 2.45) is 0 Å². The molecule has 0 spiro atoms. The maximum atomic E-state index is 11.6. The SMILES string of the molecule is CCOC(=O)C(O)(CO)CCCCCCOCc1ccc(OC)cc1. The minimum Gasteiger partial charge on any atom is -0.497 e. The van der Waals surface area contributed by atoms with Crippen LogP contribution in [0.5, 0.6) is 5.75 Å². The number of unbranched alkanes of at least 4 members (excludes halogenated alkanes) is 3. The van der Waals surface area contributed by atoms with Gasteiger partial charge in [-0.1, -0.05) is 25.0 Å². The Morgan fingerprint density at radius 3 is 2.40 bits per heavy atom. The average molecular weight is 354 g/mol. The predicted molar refractivity (Wildman–Crippen MR) is 94.4 cm³/mol. The normalized spacial score (nSPS) is 13.3. The second-order valence-corrected chi connectivity index (χ2v) is 5.98. The van der Waals surface area contributed by atoms with Crippen molar-refractivity contribution in [3.05, 3.63) is 29.8 Å². The van der Waals surface area contributed by atoms with Crippen LogP contribution in [0.25, 0.3) is 0 Å². The highest BCUT2D eigenvalue weighted by molar-refractivity contribution is 5.79. The van der Waals surface area contributed by atoms with Gasteiger partial charge in [-0.25, -0.2) is 4.79 Å². The molecule has 1 aromatic carbocycles. The summed E-state index contributed by atoms with van der Waals surface area (Å²) < 4.78 is 15.5. The highest BCUT2D eigenvalue weighted by atomic mass is 16.6. The number of esters is 1. The monoisotopic (exact) mass is 354 g/mol. The van der Waals surface area contributed by atoms with E-state index in [-0.39, 0.29) is 13.0 Å². The largest absolute Gasteiger partial charge is 0.497 e. The number of carbonyl (C=O) groups excluding carboxylic acids is 1. The third kappa shape index (κ3) is 7.86. The molecule has 0 bridgehead atoms. The van der Waals surface area contributed by atoms with Gasteiger partial charge in [0, 0.05) is 6.61 Å². The average Bonchev–Trinajstić information content (AvgIpc) is 2.64. The van der Waals surface area contributed by atoms with E-state index < -0.39 is 18.2 Å². The van der Waals surface area contributed by atoms with Gasteiger partial charge in [0.05, 0.1) is 26.9 Å². The Kier molecular flexibility index (Phi) is 10.1. The molecule has 2 N–H and O–H groups in total. The first-order valence-electron chi connectivity index (χ1n) is 8.77. The molecule has 0 aliphatic carbocycles. The van der Waals surface area contributed by atoms with Crippen molar-refractivity contribution < 1.29 is 29.2 Å². The Bertz CT molecular complexity index is 487. The van der Waals surface area contributed by atoms with E-state index in [1.54, 1.807) is 14.0 Å². The molecule has 6 nitrogen and oxygen atoms in total. The molecule has 6 heteroatoms. The van der Waals surface area contributed by atoms with Crippen molar-refractivity contribution >= 4 is 5.97 Å². The third-order valence-electron chi connectivity index (χ3n) is 3.97. The lowest BCUT2D eigenvalue weighted by atomic mass is 9.97. The number of rotatable bonds is 13. The van der Waals surface area contributed by atoms with Gasteiger partial charge in [0.2, 0.25) is 0 Å². The summed E-state index contributed by atoms with van der Waals surface area (Å²) in [6.45, 7) is 2.47. The van der Waals surface area contributed by atoms with Crippen LogP contribution in [0.4, 0.5) is 0 Å². The molecule has 0 heterocycles. The number of carbonyl (C=O) groups is 1. The molecule has 0 aromatic heterocycles. The van der Waals surface area contributed by atoms with Crippen LogP contribution in [0.1, 0.15) is 44.6 Å². The lowest BCUT2D eigenvalue weighted by molar-refractivity contribution is -0.170. The Morgan fingerprint density at radius 1 is 1.12 bits per heavy atom. The third-order valence-corrected chi connectivity index (χ3v) is 3.97. The zero-order valence-electron chi connectivity index (χ0n) is 15.2. The molecular weight excluding hydrogens is 324 g/mol. The topological polar surface area (TPSA) is 85.2 Å². The predicted octanol–water partition coefficient (Wildman–Crippen LogP) is 2.45. The summed E-state index contributed by atoms with van der Waals surface area (Å²) in [6.07, 6.45) is 3.55. The Balaban J connectivity index is 2.10. The van der Waals surface area contributed by atoms with Crippen molar-refractivity contribution in [3.63, 3.8) is 0 Å². The molecule has 142 valence electrons. The summed E-state index contributed by atoms with van der Waals surface area (Å²) in [5, 5.41) is 19.3. The number of aliphatic hydroxyl groups excluding tert-OH is 1. The van der Waals surface area contributed by atoms with Gasteiger partial charge in [-0.15, -0.1) is 0 Å². The van der Waals surface area contributed by atoms with E-state index in [2.05, 4.69) is 0 Å². The number of hydrogen-bond donors (Lipinski definition) is 2. The Morgan fingerprint density at radius 2 is 1.80 bits per heavy atom. The first kappa shape index (κ1) is 21.4. The summed E-state index contributed by atoms with van der Waals surface area (Å²) in [7, 11) is 1.64. The molecule has 0 aliphatic heterocycles. The van der Waals surface area contributed by atoms with E-state index >= 15 is 0 Å². The molecule has 0 aliphatic rings. The number of hydrogen-bond acceptors (Lipinski definition) is 6. The van der Waals surface area contributed by atoms with E-state index in [4.69, 9.17) is 14.2 Å². The van der Waals surface area contributed by atoms with Crippen molar-refractivity contribution in [1.29, 1.82) is 0 Å². The van der Waals surface area contributed by atoms with Crippen molar-refractivity contribution in [2.45, 2.75) is 51.2 Å². The first-order valence-corrected chi connectivity index (χ1v) is 8.77. The van der Waals surface area contributed by atoms with Gasteiger partial charge >= 0.3 is 5.97 Å². The zero-order chi connectivity index (χ0) is 18.5. The summed E-state index contributed by atoms with van der Waals surface area (Å²) in [4.78, 5) is 11.6. The first-order chi connectivity index (χ1) is 12.1. The summed E-state index contributed by atoms with van der Waals surface area (Å²) in [5.74, 6) is 0.0785. The highest BCUT2D eigenvalue weighted by Crippen LogP contribution is 2.17. The second-order valence-electron chi connectivity index (χ2n) is 5.98. The molecule has 0 fully saturated rings. The van der Waals surface area contributed by atoms with Gasteiger partial charge < -0.3 is 24.4 Å². The van der Waals surface area contributed by atoms with E-state index in [9.17, 15) is 15.0 Å². The van der Waals surface area contributed by atoms with Crippen LogP contribution in [-0.2, 0) is 20.9 Å². The smallest absolute Gasteiger partial charge is 0.340 e. The Hall–Kier alpha value is -1.63. The quantitative estimate of drug-likeness (QED) is 0.418. The van der Waals surface area contributed by atoms with Gasteiger partial charge in [-0.05, 0) is 43.9 Å². The summed E-state index contributed by atoms with van der Waals surface area (Å²) in [5.41, 5.74) is -0.677. The van der Waals surface area contributed by atoms with Gasteiger partial charge in [-0.2, -0.15) is 0 Å². The van der Waals surface area contributed by atoms with Crippen molar-refractivity contribution in [2.75, 3.05) is 26.9 Å². The molecule has 0 amide bonds. The minimum absolute atomic E-state index is 0.187. The van der Waals surface area contributed by atoms with Gasteiger partial charge in [0.15, 0.2) is 5.60 Å². The van der Waals surface area contributed by atoms with Gasteiger partial charge in [-0.3, -0.25) is 0 Å². The molecule has 1 rings (SSSR count). The molecule has 1 atom stereocenters. The lowest BCUT2D eigenvalue weighted by Gasteiger charge is -2.23. The number of ether oxygens (including phenoxy) is 3. The van der Waals surface area contributed by atoms with Crippen LogP contribution < -0.4 is 4.74 Å². The van der Waals surface area contributed by atoms with Crippen LogP contribution in [0, 0.1) is 0 Å². The molecule has 1 unspecified atom stereocenters. The van der Waals surface area contributed by atoms with Gasteiger partial charge in [0.25, 0.3) is 0 Å². The molecule has 0 radical (unpaired) electrons. The maximum absolute atomic E-state index is 11.6. The molecule has 0 saturated heterocycles. The highest BCUT2D eigenvalue weighted by Gasteiger charge is 2.36. The fraction of sp³-hybridized carbons (Fsp3) is 0.632. The van der Waals surface area contributed by atoms with Crippen molar-refractivity contribution in [3.8, 4) is 5.75 Å². The maximum Gasteiger partial charge on any atom is 0.340 e. The van der Waals surface area contributed by atoms with E-state index in [1.165, 1.54) is 0 Å². The minimum atomic E-state index is -1.78. The van der Waals surface area contributed by atoms with Crippen LogP contribution in [0.15, 0.2) is 24.3 Å². The van der Waals surface area contributed by atoms with Crippen LogP contribution >= 0.6 is 0 Å². The van der Waals surface area contributed by atoms with E-state index in [1.807, 2.05) is 24.3 Å². The lowest BCUT2D eigenvalue weighted by Crippen LogP contribution is -2.43. The number of benzene rings is 1. The molecule has 25 heavy (non-hydrogen) atoms. The van der Waals surface area contributed by atoms with E-state index in [0.717, 1.165) is 30.6 Å². The molecule has 1 aromatic rings. The van der Waals surface area contributed by atoms with Crippen LogP contribution in [-0.4, -0.2) is 48.7 Å². The fourth-order valence-electron chi connectivity index (χ4n) is 2.40. The van der Waals surface area contributed by atoms with Crippen LogP contribution in [0.2, 0.25) is 0 Å². The zero-order valence-corrected chi connectivity index (χ0v) is 15.2. The summed E-state index contributed by atoms with van der Waals surface area (Å²) >= 11 is 0.